The Morgan fingerprint density at radius 1 is 1.31 bits per heavy atom. The Labute approximate surface area is 171 Å². The predicted molar refractivity (Wildman–Crippen MR) is 109 cm³/mol. The summed E-state index contributed by atoms with van der Waals surface area (Å²) in [5, 5.41) is 7.78. The number of hydrogen-bond acceptors (Lipinski definition) is 4. The molecule has 154 valence electrons. The second kappa shape index (κ2) is 7.54. The molecule has 4 rings (SSSR count). The van der Waals surface area contributed by atoms with Crippen molar-refractivity contribution < 1.29 is 14.3 Å². The van der Waals surface area contributed by atoms with Crippen molar-refractivity contribution in [3.63, 3.8) is 0 Å². The molecule has 0 unspecified atom stereocenters. The third kappa shape index (κ3) is 3.99. The summed E-state index contributed by atoms with van der Waals surface area (Å²) in [5.74, 6) is 0.764. The fourth-order valence-corrected chi connectivity index (χ4v) is 4.40. The van der Waals surface area contributed by atoms with Crippen LogP contribution in [0.15, 0.2) is 30.5 Å². The van der Waals surface area contributed by atoms with Gasteiger partial charge < -0.3 is 15.0 Å². The lowest BCUT2D eigenvalue weighted by atomic mass is 9.74. The molecule has 1 aromatic heterocycles. The van der Waals surface area contributed by atoms with Crippen LogP contribution in [0.5, 0.6) is 5.75 Å². The zero-order valence-electron chi connectivity index (χ0n) is 17.3. The molecule has 0 radical (unpaired) electrons. The summed E-state index contributed by atoms with van der Waals surface area (Å²) >= 11 is 0. The zero-order chi connectivity index (χ0) is 20.6. The molecule has 1 aliphatic carbocycles. The van der Waals surface area contributed by atoms with Crippen molar-refractivity contribution in [1.82, 2.24) is 20.0 Å². The number of carbonyl (C=O) groups is 2. The molecule has 29 heavy (non-hydrogen) atoms. The summed E-state index contributed by atoms with van der Waals surface area (Å²) in [6, 6.07) is 7.71. The molecular formula is C22H28N4O3. The molecule has 1 N–H and O–H groups in total. The largest absolute Gasteiger partial charge is 0.497 e. The van der Waals surface area contributed by atoms with Crippen molar-refractivity contribution in [2.75, 3.05) is 20.2 Å². The first-order chi connectivity index (χ1) is 13.9. The van der Waals surface area contributed by atoms with Crippen molar-refractivity contribution in [2.24, 2.45) is 5.41 Å². The van der Waals surface area contributed by atoms with E-state index in [-0.39, 0.29) is 29.8 Å². The number of benzene rings is 1. The maximum Gasteiger partial charge on any atom is 0.240 e. The number of ether oxygens (including phenoxy) is 1. The molecule has 2 aliphatic rings. The van der Waals surface area contributed by atoms with Crippen molar-refractivity contribution in [3.8, 4) is 11.4 Å². The smallest absolute Gasteiger partial charge is 0.240 e. The first-order valence-corrected chi connectivity index (χ1v) is 10.1. The summed E-state index contributed by atoms with van der Waals surface area (Å²) < 4.78 is 7.21. The first kappa shape index (κ1) is 19.5. The second-order valence-electron chi connectivity index (χ2n) is 8.74. The van der Waals surface area contributed by atoms with E-state index in [1.54, 1.807) is 12.0 Å². The molecule has 7 nitrogen and oxygen atoms in total. The average molecular weight is 396 g/mol. The van der Waals surface area contributed by atoms with Gasteiger partial charge in [-0.1, -0.05) is 13.8 Å². The Bertz CT molecular complexity index is 917. The van der Waals surface area contributed by atoms with Gasteiger partial charge in [0.15, 0.2) is 0 Å². The van der Waals surface area contributed by atoms with Crippen LogP contribution in [-0.4, -0.2) is 46.7 Å². The molecule has 1 atom stereocenters. The summed E-state index contributed by atoms with van der Waals surface area (Å²) in [7, 11) is 1.65. The molecular weight excluding hydrogens is 368 g/mol. The Balaban J connectivity index is 1.57. The lowest BCUT2D eigenvalue weighted by Gasteiger charge is -2.36. The number of amides is 2. The Morgan fingerprint density at radius 3 is 2.72 bits per heavy atom. The van der Waals surface area contributed by atoms with E-state index in [2.05, 4.69) is 24.3 Å². The molecule has 2 heterocycles. The van der Waals surface area contributed by atoms with E-state index in [0.717, 1.165) is 42.0 Å². The topological polar surface area (TPSA) is 76.5 Å². The van der Waals surface area contributed by atoms with E-state index < -0.39 is 0 Å². The van der Waals surface area contributed by atoms with Crippen LogP contribution in [0.2, 0.25) is 0 Å². The highest BCUT2D eigenvalue weighted by Crippen LogP contribution is 2.41. The van der Waals surface area contributed by atoms with Crippen LogP contribution in [0, 0.1) is 5.41 Å². The van der Waals surface area contributed by atoms with Gasteiger partial charge >= 0.3 is 0 Å². The van der Waals surface area contributed by atoms with Crippen molar-refractivity contribution in [1.29, 1.82) is 0 Å². The van der Waals surface area contributed by atoms with E-state index in [0.29, 0.717) is 13.0 Å². The number of hydrogen-bond donors (Lipinski definition) is 1. The minimum Gasteiger partial charge on any atom is -0.497 e. The Hall–Kier alpha value is -2.83. The average Bonchev–Trinajstić information content (AvgIpc) is 3.27. The molecule has 1 aliphatic heterocycles. The molecule has 2 amide bonds. The maximum atomic E-state index is 12.6. The maximum absolute atomic E-state index is 12.6. The molecule has 0 saturated carbocycles. The highest BCUT2D eigenvalue weighted by Gasteiger charge is 2.36. The number of likely N-dealkylation sites (tertiary alicyclic amines) is 1. The van der Waals surface area contributed by atoms with E-state index in [9.17, 15) is 9.59 Å². The molecule has 7 heteroatoms. The Morgan fingerprint density at radius 2 is 2.07 bits per heavy atom. The summed E-state index contributed by atoms with van der Waals surface area (Å²) in [6.45, 7) is 5.23. The number of rotatable bonds is 5. The summed E-state index contributed by atoms with van der Waals surface area (Å²) in [5.41, 5.74) is 3.17. The minimum atomic E-state index is -0.106. The van der Waals surface area contributed by atoms with Crippen molar-refractivity contribution in [2.45, 2.75) is 45.6 Å². The standard InChI is InChI=1S/C22H28N4O3/c1-22(2)11-18(24-20(27)14-25-10-4-5-21(25)28)17-13-23-26(19(17)12-22)15-6-8-16(29-3)9-7-15/h6-9,13,18H,4-5,10-12,14H2,1-3H3,(H,24,27)/t18-/m1/s1. The monoisotopic (exact) mass is 396 g/mol. The first-order valence-electron chi connectivity index (χ1n) is 10.1. The molecule has 1 aromatic carbocycles. The van der Waals surface area contributed by atoms with Crippen molar-refractivity contribution in [3.05, 3.63) is 41.7 Å². The van der Waals surface area contributed by atoms with Gasteiger partial charge in [-0.05, 0) is 48.9 Å². The number of fused-ring (bicyclic) bond motifs is 1. The molecule has 0 bridgehead atoms. The van der Waals surface area contributed by atoms with Crippen LogP contribution in [0.3, 0.4) is 0 Å². The third-order valence-electron chi connectivity index (χ3n) is 5.84. The summed E-state index contributed by atoms with van der Waals surface area (Å²) in [6.07, 6.45) is 4.96. The number of aromatic nitrogens is 2. The second-order valence-corrected chi connectivity index (χ2v) is 8.74. The summed E-state index contributed by atoms with van der Waals surface area (Å²) in [4.78, 5) is 26.1. The SMILES string of the molecule is COc1ccc(-n2ncc3c2CC(C)(C)C[C@H]3NC(=O)CN2CCCC2=O)cc1. The van der Waals surface area contributed by atoms with E-state index >= 15 is 0 Å². The molecule has 1 saturated heterocycles. The highest BCUT2D eigenvalue weighted by molar-refractivity contribution is 5.86. The normalized spacial score (nSPS) is 20.4. The van der Waals surface area contributed by atoms with Gasteiger partial charge in [0.2, 0.25) is 11.8 Å². The van der Waals surface area contributed by atoms with Gasteiger partial charge in [0.25, 0.3) is 0 Å². The highest BCUT2D eigenvalue weighted by atomic mass is 16.5. The van der Waals surface area contributed by atoms with Crippen LogP contribution < -0.4 is 10.1 Å². The number of methoxy groups -OCH3 is 1. The van der Waals surface area contributed by atoms with Gasteiger partial charge in [-0.2, -0.15) is 5.10 Å². The van der Waals surface area contributed by atoms with Crippen LogP contribution >= 0.6 is 0 Å². The van der Waals surface area contributed by atoms with Crippen LogP contribution in [0.25, 0.3) is 5.69 Å². The fourth-order valence-electron chi connectivity index (χ4n) is 4.40. The lowest BCUT2D eigenvalue weighted by molar-refractivity contribution is -0.133. The van der Waals surface area contributed by atoms with E-state index in [4.69, 9.17) is 4.74 Å². The fraction of sp³-hybridized carbons (Fsp3) is 0.500. The van der Waals surface area contributed by atoms with Gasteiger partial charge in [-0.25, -0.2) is 4.68 Å². The van der Waals surface area contributed by atoms with Gasteiger partial charge in [-0.15, -0.1) is 0 Å². The van der Waals surface area contributed by atoms with Gasteiger partial charge in [0.1, 0.15) is 5.75 Å². The predicted octanol–water partition coefficient (Wildman–Crippen LogP) is 2.63. The Kier molecular flexibility index (Phi) is 5.06. The van der Waals surface area contributed by atoms with E-state index in [1.807, 2.05) is 35.1 Å². The van der Waals surface area contributed by atoms with Crippen LogP contribution in [0.1, 0.15) is 50.4 Å². The van der Waals surface area contributed by atoms with Crippen LogP contribution in [0.4, 0.5) is 0 Å². The van der Waals surface area contributed by atoms with Gasteiger partial charge in [-0.3, -0.25) is 9.59 Å². The lowest BCUT2D eigenvalue weighted by Crippen LogP contribution is -2.42. The quantitative estimate of drug-likeness (QED) is 0.843. The molecule has 0 spiro atoms. The van der Waals surface area contributed by atoms with Gasteiger partial charge in [0.05, 0.1) is 37.3 Å². The third-order valence-corrected chi connectivity index (χ3v) is 5.84. The van der Waals surface area contributed by atoms with Crippen molar-refractivity contribution >= 4 is 11.8 Å². The number of carbonyl (C=O) groups excluding carboxylic acids is 2. The number of nitrogens with zero attached hydrogens (tertiary/aromatic N) is 3. The number of nitrogens with one attached hydrogen (secondary N) is 1. The van der Waals surface area contributed by atoms with E-state index in [1.165, 1.54) is 0 Å². The minimum absolute atomic E-state index is 0.0265. The molecule has 1 fully saturated rings. The zero-order valence-corrected chi connectivity index (χ0v) is 17.3. The van der Waals surface area contributed by atoms with Crippen LogP contribution in [-0.2, 0) is 16.0 Å². The molecule has 2 aromatic rings. The van der Waals surface area contributed by atoms with Gasteiger partial charge in [0, 0.05) is 18.5 Å².